The second kappa shape index (κ2) is 5.97. The van der Waals surface area contributed by atoms with Gasteiger partial charge in [0.25, 0.3) is 5.82 Å². The van der Waals surface area contributed by atoms with Crippen molar-refractivity contribution in [2.75, 3.05) is 18.0 Å². The monoisotopic (exact) mass is 362 g/mol. The van der Waals surface area contributed by atoms with Crippen molar-refractivity contribution in [3.63, 3.8) is 0 Å². The first-order valence-electron chi connectivity index (χ1n) is 7.81. The van der Waals surface area contributed by atoms with Gasteiger partial charge in [-0.1, -0.05) is 6.08 Å². The fourth-order valence-corrected chi connectivity index (χ4v) is 2.84. The molecule has 0 atom stereocenters. The van der Waals surface area contributed by atoms with Crippen LogP contribution >= 0.6 is 0 Å². The molecule has 4 heterocycles. The van der Waals surface area contributed by atoms with Crippen molar-refractivity contribution < 1.29 is 18.3 Å². The number of halogens is 3. The van der Waals surface area contributed by atoms with E-state index in [1.54, 1.807) is 18.3 Å². The van der Waals surface area contributed by atoms with E-state index < -0.39 is 12.0 Å². The van der Waals surface area contributed by atoms with Gasteiger partial charge in [-0.3, -0.25) is 0 Å². The summed E-state index contributed by atoms with van der Waals surface area (Å²) in [4.78, 5) is 5.73. The van der Waals surface area contributed by atoms with Crippen LogP contribution in [-0.2, 0) is 6.18 Å². The number of nitrogens with zero attached hydrogens (tertiary/aromatic N) is 6. The van der Waals surface area contributed by atoms with Crippen LogP contribution in [0.1, 0.15) is 17.8 Å². The van der Waals surface area contributed by atoms with E-state index in [4.69, 9.17) is 0 Å². The van der Waals surface area contributed by atoms with Crippen molar-refractivity contribution in [2.45, 2.75) is 12.6 Å². The third-order valence-electron chi connectivity index (χ3n) is 4.15. The number of aromatic nitrogens is 5. The zero-order chi connectivity index (χ0) is 18.3. The molecule has 0 aliphatic carbocycles. The van der Waals surface area contributed by atoms with Crippen LogP contribution in [0.25, 0.3) is 11.2 Å². The van der Waals surface area contributed by atoms with Gasteiger partial charge in [-0.25, -0.2) is 4.98 Å². The minimum atomic E-state index is -4.62. The second-order valence-corrected chi connectivity index (χ2v) is 5.81. The predicted octanol–water partition coefficient (Wildman–Crippen LogP) is 2.54. The number of anilines is 1. The minimum Gasteiger partial charge on any atom is -0.493 e. The number of aromatic hydroxyl groups is 1. The van der Waals surface area contributed by atoms with Crippen LogP contribution in [0.3, 0.4) is 0 Å². The number of hydrogen-bond acceptors (Lipinski definition) is 6. The Balaban J connectivity index is 1.60. The molecular weight excluding hydrogens is 349 g/mol. The molecule has 1 N–H and O–H groups in total. The smallest absolute Gasteiger partial charge is 0.453 e. The molecule has 26 heavy (non-hydrogen) atoms. The lowest BCUT2D eigenvalue weighted by Gasteiger charge is -2.27. The highest BCUT2D eigenvalue weighted by Gasteiger charge is 2.37. The molecule has 0 amide bonds. The molecule has 0 fully saturated rings. The van der Waals surface area contributed by atoms with Crippen LogP contribution in [-0.4, -0.2) is 43.0 Å². The van der Waals surface area contributed by atoms with Gasteiger partial charge in [0.2, 0.25) is 5.88 Å². The fraction of sp³-hybridized carbons (Fsp3) is 0.250. The first-order chi connectivity index (χ1) is 12.4. The van der Waals surface area contributed by atoms with Gasteiger partial charge in [0.1, 0.15) is 5.82 Å². The normalized spacial score (nSPS) is 15.3. The maximum Gasteiger partial charge on any atom is 0.453 e. The molecule has 3 aromatic heterocycles. The van der Waals surface area contributed by atoms with Crippen LogP contribution < -0.4 is 4.90 Å². The lowest BCUT2D eigenvalue weighted by atomic mass is 10.0. The van der Waals surface area contributed by atoms with Crippen LogP contribution in [0.15, 0.2) is 36.5 Å². The molecule has 134 valence electrons. The molecule has 1 aliphatic rings. The molecule has 0 aromatic carbocycles. The predicted molar refractivity (Wildman–Crippen MR) is 86.5 cm³/mol. The van der Waals surface area contributed by atoms with E-state index in [-0.39, 0.29) is 11.5 Å². The van der Waals surface area contributed by atoms with Crippen molar-refractivity contribution in [2.24, 2.45) is 0 Å². The lowest BCUT2D eigenvalue weighted by Crippen LogP contribution is -2.29. The zero-order valence-electron chi connectivity index (χ0n) is 13.3. The summed E-state index contributed by atoms with van der Waals surface area (Å²) in [5, 5.41) is 20.0. The fourth-order valence-electron chi connectivity index (χ4n) is 2.84. The first-order valence-corrected chi connectivity index (χ1v) is 7.81. The average molecular weight is 362 g/mol. The van der Waals surface area contributed by atoms with Crippen molar-refractivity contribution in [1.82, 2.24) is 24.8 Å². The summed E-state index contributed by atoms with van der Waals surface area (Å²) in [6.45, 7) is 1.09. The molecule has 0 bridgehead atoms. The molecule has 7 nitrogen and oxygen atoms in total. The van der Waals surface area contributed by atoms with Gasteiger partial charge in [0.15, 0.2) is 5.65 Å². The van der Waals surface area contributed by atoms with E-state index in [0.717, 1.165) is 15.7 Å². The maximum absolute atomic E-state index is 13.0. The standard InChI is InChI=1S/C16H13F3N6O/c17-16(18,19)15-22-21-12-2-3-13(23-25(12)15)24-7-5-10(6-8-24)11-1-4-14(26)20-9-11/h1-5,9H,6-8H2,(H,20,26). The summed E-state index contributed by atoms with van der Waals surface area (Å²) in [6.07, 6.45) is -0.374. The average Bonchev–Trinajstić information content (AvgIpc) is 3.06. The molecule has 0 spiro atoms. The molecule has 10 heteroatoms. The minimum absolute atomic E-state index is 0.0429. The van der Waals surface area contributed by atoms with Crippen molar-refractivity contribution in [1.29, 1.82) is 0 Å². The molecule has 0 saturated heterocycles. The maximum atomic E-state index is 13.0. The Morgan fingerprint density at radius 3 is 2.58 bits per heavy atom. The van der Waals surface area contributed by atoms with E-state index in [2.05, 4.69) is 20.3 Å². The summed E-state index contributed by atoms with van der Waals surface area (Å²) < 4.78 is 39.7. The van der Waals surface area contributed by atoms with Crippen LogP contribution in [0.2, 0.25) is 0 Å². The summed E-state index contributed by atoms with van der Waals surface area (Å²) in [6, 6.07) is 6.39. The lowest BCUT2D eigenvalue weighted by molar-refractivity contribution is -0.146. The number of pyridine rings is 1. The van der Waals surface area contributed by atoms with Gasteiger partial charge < -0.3 is 10.0 Å². The van der Waals surface area contributed by atoms with E-state index in [1.165, 1.54) is 12.1 Å². The third-order valence-corrected chi connectivity index (χ3v) is 4.15. The van der Waals surface area contributed by atoms with Crippen molar-refractivity contribution in [3.05, 3.63) is 47.9 Å². The molecule has 0 unspecified atom stereocenters. The highest BCUT2D eigenvalue weighted by Crippen LogP contribution is 2.29. The molecule has 0 radical (unpaired) electrons. The second-order valence-electron chi connectivity index (χ2n) is 5.81. The van der Waals surface area contributed by atoms with E-state index >= 15 is 0 Å². The third kappa shape index (κ3) is 2.93. The largest absolute Gasteiger partial charge is 0.493 e. The number of rotatable bonds is 2. The summed E-state index contributed by atoms with van der Waals surface area (Å²) in [7, 11) is 0. The number of hydrogen-bond donors (Lipinski definition) is 1. The van der Waals surface area contributed by atoms with Gasteiger partial charge in [-0.05, 0) is 35.8 Å². The highest BCUT2D eigenvalue weighted by molar-refractivity contribution is 5.68. The summed E-state index contributed by atoms with van der Waals surface area (Å²) >= 11 is 0. The van der Waals surface area contributed by atoms with E-state index in [9.17, 15) is 18.3 Å². The Hall–Kier alpha value is -3.17. The highest BCUT2D eigenvalue weighted by atomic mass is 19.4. The van der Waals surface area contributed by atoms with Gasteiger partial charge >= 0.3 is 6.18 Å². The SMILES string of the molecule is Oc1ccc(C2=CCN(c3ccc4nnc(C(F)(F)F)n4n3)CC2)cn1. The van der Waals surface area contributed by atoms with Crippen LogP contribution in [0, 0.1) is 0 Å². The Morgan fingerprint density at radius 1 is 1.08 bits per heavy atom. The first kappa shape index (κ1) is 16.3. The van der Waals surface area contributed by atoms with E-state index in [1.807, 2.05) is 11.0 Å². The summed E-state index contributed by atoms with van der Waals surface area (Å²) in [5.74, 6) is -0.765. The Bertz CT molecular complexity index is 980. The Labute approximate surface area is 145 Å². The quantitative estimate of drug-likeness (QED) is 0.755. The molecular formula is C16H13F3N6O. The van der Waals surface area contributed by atoms with Crippen molar-refractivity contribution >= 4 is 17.0 Å². The number of fused-ring (bicyclic) bond motifs is 1. The zero-order valence-corrected chi connectivity index (χ0v) is 13.3. The topological polar surface area (TPSA) is 79.4 Å². The van der Waals surface area contributed by atoms with Crippen molar-refractivity contribution in [3.8, 4) is 5.88 Å². The summed E-state index contributed by atoms with van der Waals surface area (Å²) in [5.41, 5.74) is 2.02. The van der Waals surface area contributed by atoms with Gasteiger partial charge in [-0.15, -0.1) is 15.3 Å². The van der Waals surface area contributed by atoms with Gasteiger partial charge in [0, 0.05) is 25.4 Å². The molecule has 1 aliphatic heterocycles. The van der Waals surface area contributed by atoms with Gasteiger partial charge in [0.05, 0.1) is 0 Å². The molecule has 3 aromatic rings. The van der Waals surface area contributed by atoms with E-state index in [0.29, 0.717) is 25.3 Å². The Morgan fingerprint density at radius 2 is 1.92 bits per heavy atom. The molecule has 4 rings (SSSR count). The van der Waals surface area contributed by atoms with Gasteiger partial charge in [-0.2, -0.15) is 17.7 Å². The van der Waals surface area contributed by atoms with Crippen LogP contribution in [0.5, 0.6) is 5.88 Å². The Kier molecular flexibility index (Phi) is 3.74. The van der Waals surface area contributed by atoms with Crippen LogP contribution in [0.4, 0.5) is 19.0 Å². The number of alkyl halides is 3. The molecule has 0 saturated carbocycles.